The molecule has 7 heteroatoms. The number of amides is 2. The maximum absolute atomic E-state index is 13.3. The number of fused-ring (bicyclic) bond motifs is 1. The fourth-order valence-corrected chi connectivity index (χ4v) is 3.40. The molecule has 4 nitrogen and oxygen atoms in total. The smallest absolute Gasteiger partial charge is 0.322 e. The first-order valence-electron chi connectivity index (χ1n) is 8.46. The Morgan fingerprint density at radius 2 is 1.81 bits per heavy atom. The Morgan fingerprint density at radius 1 is 1.04 bits per heavy atom. The van der Waals surface area contributed by atoms with Crippen molar-refractivity contribution in [1.29, 1.82) is 0 Å². The number of carbonyl (C=O) groups is 1. The van der Waals surface area contributed by atoms with Crippen LogP contribution in [-0.2, 0) is 13.1 Å². The zero-order chi connectivity index (χ0) is 19.0. The molecule has 27 heavy (non-hydrogen) atoms. The van der Waals surface area contributed by atoms with Gasteiger partial charge >= 0.3 is 6.03 Å². The van der Waals surface area contributed by atoms with Crippen LogP contribution in [0.1, 0.15) is 5.69 Å². The average Bonchev–Trinajstić information content (AvgIpc) is 3.08. The molecule has 0 radical (unpaired) electrons. The molecule has 1 aliphatic rings. The third-order valence-corrected chi connectivity index (χ3v) is 4.93. The van der Waals surface area contributed by atoms with Gasteiger partial charge in [-0.05, 0) is 42.0 Å². The van der Waals surface area contributed by atoms with Crippen LogP contribution in [-0.4, -0.2) is 22.0 Å². The molecule has 3 aromatic rings. The van der Waals surface area contributed by atoms with Gasteiger partial charge < -0.3 is 14.8 Å². The van der Waals surface area contributed by atoms with Crippen LogP contribution in [0.4, 0.5) is 19.3 Å². The van der Waals surface area contributed by atoms with Gasteiger partial charge in [-0.25, -0.2) is 13.6 Å². The van der Waals surface area contributed by atoms with Crippen molar-refractivity contribution in [2.45, 2.75) is 13.1 Å². The van der Waals surface area contributed by atoms with Crippen LogP contribution in [0.15, 0.2) is 54.7 Å². The molecule has 0 unspecified atom stereocenters. The van der Waals surface area contributed by atoms with Gasteiger partial charge in [-0.3, -0.25) is 0 Å². The van der Waals surface area contributed by atoms with Gasteiger partial charge in [0, 0.05) is 36.2 Å². The van der Waals surface area contributed by atoms with E-state index in [1.807, 2.05) is 12.3 Å². The van der Waals surface area contributed by atoms with Gasteiger partial charge in [0.25, 0.3) is 0 Å². The van der Waals surface area contributed by atoms with Crippen LogP contribution in [0.2, 0.25) is 5.02 Å². The van der Waals surface area contributed by atoms with E-state index in [2.05, 4.69) is 9.88 Å². The standard InChI is InChI=1S/C20H16ClF2N3O/c21-17-11-15(5-6-18(17)23)24-20(27)26-10-9-25-8-7-16(19(25)12-26)13-1-3-14(22)4-2-13/h1-8,11H,9-10,12H2,(H,24,27). The van der Waals surface area contributed by atoms with Crippen LogP contribution in [0.25, 0.3) is 11.1 Å². The monoisotopic (exact) mass is 387 g/mol. The number of anilines is 1. The maximum Gasteiger partial charge on any atom is 0.322 e. The topological polar surface area (TPSA) is 37.3 Å². The first-order chi connectivity index (χ1) is 13.0. The lowest BCUT2D eigenvalue weighted by atomic mass is 10.1. The molecule has 0 atom stereocenters. The summed E-state index contributed by atoms with van der Waals surface area (Å²) in [7, 11) is 0. The second kappa shape index (κ2) is 7.04. The molecule has 1 aromatic heterocycles. The number of halogens is 3. The lowest BCUT2D eigenvalue weighted by Crippen LogP contribution is -2.40. The number of hydrogen-bond acceptors (Lipinski definition) is 1. The highest BCUT2D eigenvalue weighted by Crippen LogP contribution is 2.29. The van der Waals surface area contributed by atoms with Crippen LogP contribution < -0.4 is 5.32 Å². The van der Waals surface area contributed by atoms with Crippen molar-refractivity contribution in [2.24, 2.45) is 0 Å². The Labute approximate surface area is 160 Å². The molecule has 0 aliphatic carbocycles. The molecule has 1 N–H and O–H groups in total. The highest BCUT2D eigenvalue weighted by Gasteiger charge is 2.23. The minimum absolute atomic E-state index is 0.0427. The number of hydrogen-bond donors (Lipinski definition) is 1. The minimum Gasteiger partial charge on any atom is -0.348 e. The number of rotatable bonds is 2. The molecule has 0 saturated heterocycles. The van der Waals surface area contributed by atoms with E-state index in [0.717, 1.165) is 16.8 Å². The van der Waals surface area contributed by atoms with Crippen LogP contribution in [0.5, 0.6) is 0 Å². The molecular weight excluding hydrogens is 372 g/mol. The number of aromatic nitrogens is 1. The van der Waals surface area contributed by atoms with Crippen molar-refractivity contribution in [3.05, 3.63) is 77.1 Å². The van der Waals surface area contributed by atoms with Gasteiger partial charge in [-0.1, -0.05) is 23.7 Å². The molecule has 2 aromatic carbocycles. The second-order valence-electron chi connectivity index (χ2n) is 6.36. The molecule has 4 rings (SSSR count). The van der Waals surface area contributed by atoms with Crippen LogP contribution in [0, 0.1) is 11.6 Å². The molecule has 0 spiro atoms. The number of urea groups is 1. The largest absolute Gasteiger partial charge is 0.348 e. The molecule has 0 saturated carbocycles. The van der Waals surface area contributed by atoms with E-state index in [4.69, 9.17) is 11.6 Å². The van der Waals surface area contributed by atoms with Gasteiger partial charge in [0.1, 0.15) is 11.6 Å². The quantitative estimate of drug-likeness (QED) is 0.650. The van der Waals surface area contributed by atoms with Crippen molar-refractivity contribution in [1.82, 2.24) is 9.47 Å². The predicted octanol–water partition coefficient (Wildman–Crippen LogP) is 5.13. The van der Waals surface area contributed by atoms with Crippen molar-refractivity contribution in [2.75, 3.05) is 11.9 Å². The van der Waals surface area contributed by atoms with Crippen molar-refractivity contribution in [3.8, 4) is 11.1 Å². The zero-order valence-electron chi connectivity index (χ0n) is 14.3. The third-order valence-electron chi connectivity index (χ3n) is 4.64. The first kappa shape index (κ1) is 17.5. The van der Waals surface area contributed by atoms with Gasteiger partial charge in [0.2, 0.25) is 0 Å². The maximum atomic E-state index is 13.3. The van der Waals surface area contributed by atoms with Crippen molar-refractivity contribution >= 4 is 23.3 Å². The summed E-state index contributed by atoms with van der Waals surface area (Å²) in [6, 6.07) is 12.1. The van der Waals surface area contributed by atoms with Crippen LogP contribution >= 0.6 is 11.6 Å². The van der Waals surface area contributed by atoms with E-state index in [9.17, 15) is 13.6 Å². The molecule has 0 bridgehead atoms. The Hall–Kier alpha value is -2.86. The minimum atomic E-state index is -0.533. The molecular formula is C20H16ClF2N3O. The van der Waals surface area contributed by atoms with Crippen molar-refractivity contribution < 1.29 is 13.6 Å². The van der Waals surface area contributed by atoms with Crippen LogP contribution in [0.3, 0.4) is 0 Å². The summed E-state index contributed by atoms with van der Waals surface area (Å²) < 4.78 is 28.6. The summed E-state index contributed by atoms with van der Waals surface area (Å²) in [4.78, 5) is 14.3. The summed E-state index contributed by atoms with van der Waals surface area (Å²) in [5.41, 5.74) is 3.29. The summed E-state index contributed by atoms with van der Waals surface area (Å²) in [6.07, 6.45) is 1.98. The van der Waals surface area contributed by atoms with E-state index in [0.29, 0.717) is 25.3 Å². The lowest BCUT2D eigenvalue weighted by molar-refractivity contribution is 0.197. The van der Waals surface area contributed by atoms with E-state index in [1.165, 1.54) is 30.3 Å². The zero-order valence-corrected chi connectivity index (χ0v) is 15.0. The lowest BCUT2D eigenvalue weighted by Gasteiger charge is -2.29. The number of nitrogens with one attached hydrogen (secondary N) is 1. The molecule has 138 valence electrons. The van der Waals surface area contributed by atoms with Gasteiger partial charge in [0.05, 0.1) is 11.6 Å². The summed E-state index contributed by atoms with van der Waals surface area (Å²) in [6.45, 7) is 1.62. The first-order valence-corrected chi connectivity index (χ1v) is 8.84. The fourth-order valence-electron chi connectivity index (χ4n) is 3.22. The van der Waals surface area contributed by atoms with E-state index >= 15 is 0 Å². The van der Waals surface area contributed by atoms with Gasteiger partial charge in [0.15, 0.2) is 0 Å². The third kappa shape index (κ3) is 3.53. The molecule has 2 heterocycles. The highest BCUT2D eigenvalue weighted by molar-refractivity contribution is 6.31. The Kier molecular flexibility index (Phi) is 4.58. The number of nitrogens with zero attached hydrogens (tertiary/aromatic N) is 2. The van der Waals surface area contributed by atoms with Gasteiger partial charge in [-0.2, -0.15) is 0 Å². The Morgan fingerprint density at radius 3 is 2.56 bits per heavy atom. The predicted molar refractivity (Wildman–Crippen MR) is 101 cm³/mol. The van der Waals surface area contributed by atoms with Gasteiger partial charge in [-0.15, -0.1) is 0 Å². The van der Waals surface area contributed by atoms with E-state index in [-0.39, 0.29) is 16.9 Å². The average molecular weight is 388 g/mol. The fraction of sp³-hybridized carbons (Fsp3) is 0.150. The normalized spacial score (nSPS) is 13.4. The Balaban J connectivity index is 1.53. The number of benzene rings is 2. The summed E-state index contributed by atoms with van der Waals surface area (Å²) in [5.74, 6) is -0.819. The molecule has 1 aliphatic heterocycles. The SMILES string of the molecule is O=C(Nc1ccc(F)c(Cl)c1)N1CCn2ccc(-c3ccc(F)cc3)c2C1. The Bertz CT molecular complexity index is 1000. The summed E-state index contributed by atoms with van der Waals surface area (Å²) >= 11 is 5.77. The highest BCUT2D eigenvalue weighted by atomic mass is 35.5. The van der Waals surface area contributed by atoms with Crippen molar-refractivity contribution in [3.63, 3.8) is 0 Å². The molecule has 0 fully saturated rings. The van der Waals surface area contributed by atoms with E-state index < -0.39 is 5.82 Å². The number of carbonyl (C=O) groups excluding carboxylic acids is 1. The molecule has 2 amide bonds. The van der Waals surface area contributed by atoms with E-state index in [1.54, 1.807) is 17.0 Å². The second-order valence-corrected chi connectivity index (χ2v) is 6.76. The summed E-state index contributed by atoms with van der Waals surface area (Å²) in [5, 5.41) is 2.70.